The van der Waals surface area contributed by atoms with Crippen molar-refractivity contribution in [2.24, 2.45) is 17.6 Å². The molecule has 1 heterocycles. The Balaban J connectivity index is 1.78. The quantitative estimate of drug-likeness (QED) is 0.800. The number of hydrogen-bond donors (Lipinski definition) is 1. The molecule has 2 unspecified atom stereocenters. The molecule has 116 valence electrons. The molecular weight excluding hydrogens is 268 g/mol. The summed E-state index contributed by atoms with van der Waals surface area (Å²) in [5.74, 6) is 1.05. The van der Waals surface area contributed by atoms with Crippen LogP contribution < -0.4 is 10.5 Å². The Morgan fingerprint density at radius 1 is 1.43 bits per heavy atom. The average molecular weight is 292 g/mol. The Hall–Kier alpha value is -1.59. The van der Waals surface area contributed by atoms with E-state index in [2.05, 4.69) is 11.8 Å². The molecule has 21 heavy (non-hydrogen) atoms. The van der Waals surface area contributed by atoms with E-state index in [9.17, 15) is 4.79 Å². The minimum Gasteiger partial charge on any atom is -0.492 e. The Morgan fingerprint density at radius 2 is 2.24 bits per heavy atom. The summed E-state index contributed by atoms with van der Waals surface area (Å²) >= 11 is 0. The van der Waals surface area contributed by atoms with Gasteiger partial charge in [-0.3, -0.25) is 9.69 Å². The first-order valence-corrected chi connectivity index (χ1v) is 7.36. The topological polar surface area (TPSA) is 64.8 Å². The highest BCUT2D eigenvalue weighted by Gasteiger charge is 2.35. The summed E-state index contributed by atoms with van der Waals surface area (Å²) < 4.78 is 10.6. The Labute approximate surface area is 126 Å². The number of methoxy groups -OCH3 is 1. The van der Waals surface area contributed by atoms with Gasteiger partial charge in [0.05, 0.1) is 13.0 Å². The lowest BCUT2D eigenvalue weighted by Crippen LogP contribution is -2.28. The first-order chi connectivity index (χ1) is 10.1. The summed E-state index contributed by atoms with van der Waals surface area (Å²) in [4.78, 5) is 13.9. The van der Waals surface area contributed by atoms with Crippen LogP contribution in [0.3, 0.4) is 0 Å². The zero-order valence-corrected chi connectivity index (χ0v) is 12.7. The smallest absolute Gasteiger partial charge is 0.310 e. The van der Waals surface area contributed by atoms with Crippen LogP contribution in [0.15, 0.2) is 24.3 Å². The maximum atomic E-state index is 11.6. The normalized spacial score (nSPS) is 22.2. The molecule has 1 saturated heterocycles. The van der Waals surface area contributed by atoms with Gasteiger partial charge in [-0.25, -0.2) is 0 Å². The van der Waals surface area contributed by atoms with E-state index in [-0.39, 0.29) is 11.9 Å². The lowest BCUT2D eigenvalue weighted by molar-refractivity contribution is -0.146. The van der Waals surface area contributed by atoms with Gasteiger partial charge < -0.3 is 15.2 Å². The summed E-state index contributed by atoms with van der Waals surface area (Å²) in [5.41, 5.74) is 6.67. The highest BCUT2D eigenvalue weighted by Crippen LogP contribution is 2.23. The molecule has 0 amide bonds. The number of nitrogens with two attached hydrogens (primary N) is 1. The Kier molecular flexibility index (Phi) is 5.59. The highest BCUT2D eigenvalue weighted by atomic mass is 16.5. The highest BCUT2D eigenvalue weighted by molar-refractivity contribution is 5.73. The van der Waals surface area contributed by atoms with Gasteiger partial charge in [0.2, 0.25) is 0 Å². The van der Waals surface area contributed by atoms with Gasteiger partial charge in [0.15, 0.2) is 0 Å². The van der Waals surface area contributed by atoms with Crippen LogP contribution in [0.4, 0.5) is 0 Å². The second-order valence-corrected chi connectivity index (χ2v) is 5.57. The summed E-state index contributed by atoms with van der Waals surface area (Å²) in [7, 11) is 1.45. The van der Waals surface area contributed by atoms with Crippen molar-refractivity contribution >= 4 is 5.97 Å². The molecule has 1 aromatic carbocycles. The van der Waals surface area contributed by atoms with Gasteiger partial charge in [0, 0.05) is 26.2 Å². The van der Waals surface area contributed by atoms with E-state index in [4.69, 9.17) is 15.2 Å². The molecule has 0 bridgehead atoms. The standard InChI is InChI=1S/C16H24N2O3/c1-12-10-18(11-15(12)16(19)20-2)6-7-21-14-5-3-4-13(8-14)9-17/h3-5,8,12,15H,6-7,9-11,17H2,1-2H3. The van der Waals surface area contributed by atoms with Crippen LogP contribution in [0, 0.1) is 11.8 Å². The number of benzene rings is 1. The fraction of sp³-hybridized carbons (Fsp3) is 0.562. The largest absolute Gasteiger partial charge is 0.492 e. The molecule has 0 spiro atoms. The van der Waals surface area contributed by atoms with Crippen LogP contribution in [-0.2, 0) is 16.1 Å². The SMILES string of the molecule is COC(=O)C1CN(CCOc2cccc(CN)c2)CC1C. The minimum absolute atomic E-state index is 0.0180. The maximum Gasteiger partial charge on any atom is 0.310 e. The van der Waals surface area contributed by atoms with E-state index in [1.165, 1.54) is 7.11 Å². The van der Waals surface area contributed by atoms with Gasteiger partial charge >= 0.3 is 5.97 Å². The number of carbonyl (C=O) groups is 1. The molecule has 5 nitrogen and oxygen atoms in total. The predicted molar refractivity (Wildman–Crippen MR) is 80.9 cm³/mol. The van der Waals surface area contributed by atoms with E-state index < -0.39 is 0 Å². The Morgan fingerprint density at radius 3 is 2.95 bits per heavy atom. The first-order valence-electron chi connectivity index (χ1n) is 7.36. The van der Waals surface area contributed by atoms with Gasteiger partial charge in [-0.2, -0.15) is 0 Å². The second-order valence-electron chi connectivity index (χ2n) is 5.57. The van der Waals surface area contributed by atoms with Gasteiger partial charge in [-0.15, -0.1) is 0 Å². The molecule has 1 aliphatic rings. The minimum atomic E-state index is -0.110. The lowest BCUT2D eigenvalue weighted by atomic mass is 9.99. The van der Waals surface area contributed by atoms with Crippen molar-refractivity contribution in [3.63, 3.8) is 0 Å². The van der Waals surface area contributed by atoms with E-state index in [1.807, 2.05) is 24.3 Å². The van der Waals surface area contributed by atoms with Crippen molar-refractivity contribution in [2.75, 3.05) is 33.4 Å². The van der Waals surface area contributed by atoms with Crippen LogP contribution in [0.25, 0.3) is 0 Å². The first kappa shape index (κ1) is 15.8. The number of nitrogens with zero attached hydrogens (tertiary/aromatic N) is 1. The summed E-state index contributed by atoms with van der Waals surface area (Å²) in [6, 6.07) is 7.82. The zero-order valence-electron chi connectivity index (χ0n) is 12.7. The number of likely N-dealkylation sites (tertiary alicyclic amines) is 1. The predicted octanol–water partition coefficient (Wildman–Crippen LogP) is 1.26. The molecule has 0 aliphatic carbocycles. The van der Waals surface area contributed by atoms with Crippen molar-refractivity contribution < 1.29 is 14.3 Å². The number of esters is 1. The van der Waals surface area contributed by atoms with Gasteiger partial charge in [0.25, 0.3) is 0 Å². The van der Waals surface area contributed by atoms with E-state index in [0.717, 1.165) is 30.9 Å². The molecule has 5 heteroatoms. The summed E-state index contributed by atoms with van der Waals surface area (Å²) in [6.07, 6.45) is 0. The molecule has 1 aromatic rings. The molecule has 2 N–H and O–H groups in total. The van der Waals surface area contributed by atoms with Gasteiger partial charge in [-0.05, 0) is 23.6 Å². The maximum absolute atomic E-state index is 11.6. The van der Waals surface area contributed by atoms with Crippen LogP contribution in [0.2, 0.25) is 0 Å². The van der Waals surface area contributed by atoms with Crippen LogP contribution in [0.1, 0.15) is 12.5 Å². The van der Waals surface area contributed by atoms with E-state index in [0.29, 0.717) is 19.1 Å². The molecule has 0 aromatic heterocycles. The molecular formula is C16H24N2O3. The monoisotopic (exact) mass is 292 g/mol. The Bertz CT molecular complexity index is 478. The third-order valence-corrected chi connectivity index (χ3v) is 4.00. The van der Waals surface area contributed by atoms with Crippen LogP contribution >= 0.6 is 0 Å². The van der Waals surface area contributed by atoms with E-state index >= 15 is 0 Å². The van der Waals surface area contributed by atoms with Crippen LogP contribution in [-0.4, -0.2) is 44.2 Å². The zero-order chi connectivity index (χ0) is 15.2. The number of hydrogen-bond acceptors (Lipinski definition) is 5. The average Bonchev–Trinajstić information content (AvgIpc) is 2.87. The van der Waals surface area contributed by atoms with Gasteiger partial charge in [0.1, 0.15) is 12.4 Å². The number of rotatable bonds is 6. The van der Waals surface area contributed by atoms with Crippen molar-refractivity contribution in [3.8, 4) is 5.75 Å². The summed E-state index contributed by atoms with van der Waals surface area (Å²) in [6.45, 7) is 5.68. The van der Waals surface area contributed by atoms with Crippen molar-refractivity contribution in [3.05, 3.63) is 29.8 Å². The molecule has 2 rings (SSSR count). The molecule has 2 atom stereocenters. The van der Waals surface area contributed by atoms with Crippen molar-refractivity contribution in [2.45, 2.75) is 13.5 Å². The fourth-order valence-electron chi connectivity index (χ4n) is 2.76. The summed E-state index contributed by atoms with van der Waals surface area (Å²) in [5, 5.41) is 0. The molecule has 1 fully saturated rings. The molecule has 0 radical (unpaired) electrons. The van der Waals surface area contributed by atoms with Crippen LogP contribution in [0.5, 0.6) is 5.75 Å². The van der Waals surface area contributed by atoms with Crippen molar-refractivity contribution in [1.29, 1.82) is 0 Å². The molecule has 0 saturated carbocycles. The lowest BCUT2D eigenvalue weighted by Gasteiger charge is -2.16. The van der Waals surface area contributed by atoms with Gasteiger partial charge in [-0.1, -0.05) is 19.1 Å². The third kappa shape index (κ3) is 4.19. The van der Waals surface area contributed by atoms with Crippen molar-refractivity contribution in [1.82, 2.24) is 4.90 Å². The number of carbonyl (C=O) groups excluding carboxylic acids is 1. The second kappa shape index (κ2) is 7.43. The molecule has 1 aliphatic heterocycles. The fourth-order valence-corrected chi connectivity index (χ4v) is 2.76. The third-order valence-electron chi connectivity index (χ3n) is 4.00. The van der Waals surface area contributed by atoms with E-state index in [1.54, 1.807) is 0 Å². The number of ether oxygens (including phenoxy) is 2.